The summed E-state index contributed by atoms with van der Waals surface area (Å²) in [5, 5.41) is 0.614. The van der Waals surface area contributed by atoms with E-state index >= 15 is 0 Å². The van der Waals surface area contributed by atoms with Crippen LogP contribution in [0.3, 0.4) is 0 Å². The molecule has 0 bridgehead atoms. The number of hydrogen-bond acceptors (Lipinski definition) is 2. The molecule has 0 atom stereocenters. The van der Waals surface area contributed by atoms with E-state index in [1.807, 2.05) is 13.0 Å². The van der Waals surface area contributed by atoms with Gasteiger partial charge in [0.15, 0.2) is 5.75 Å². The quantitative estimate of drug-likeness (QED) is 0.787. The van der Waals surface area contributed by atoms with E-state index in [-0.39, 0.29) is 0 Å². The van der Waals surface area contributed by atoms with Crippen LogP contribution >= 0.6 is 11.6 Å². The van der Waals surface area contributed by atoms with E-state index in [9.17, 15) is 0 Å². The fraction of sp³-hybridized carbons (Fsp3) is 0.250. The number of rotatable bonds is 3. The van der Waals surface area contributed by atoms with Crippen molar-refractivity contribution in [1.82, 2.24) is 0 Å². The Morgan fingerprint density at radius 1 is 1.05 bits per heavy atom. The van der Waals surface area contributed by atoms with Gasteiger partial charge in [-0.2, -0.15) is 0 Å². The second kappa shape index (κ2) is 5.54. The highest BCUT2D eigenvalue weighted by molar-refractivity contribution is 6.30. The molecule has 2 nitrogen and oxygen atoms in total. The lowest BCUT2D eigenvalue weighted by Crippen LogP contribution is -1.97. The number of nitrogens with two attached hydrogens (primary N) is 1. The summed E-state index contributed by atoms with van der Waals surface area (Å²) in [6.07, 6.45) is 0. The second-order valence-electron chi connectivity index (χ2n) is 4.98. The first-order valence-corrected chi connectivity index (χ1v) is 6.68. The maximum Gasteiger partial charge on any atom is 0.151 e. The molecule has 2 aromatic carbocycles. The van der Waals surface area contributed by atoms with Crippen LogP contribution in [0.2, 0.25) is 5.02 Å². The molecule has 0 aromatic heterocycles. The highest BCUT2D eigenvalue weighted by atomic mass is 35.5. The standard InChI is InChI=1S/C16H18ClNO/c1-10(2)13-6-4-11(3)8-15(13)19-16-9-12(17)5-7-14(16)18/h4-10H,18H2,1-3H3. The summed E-state index contributed by atoms with van der Waals surface area (Å²) in [6, 6.07) is 11.4. The summed E-state index contributed by atoms with van der Waals surface area (Å²) in [5.74, 6) is 1.82. The highest BCUT2D eigenvalue weighted by Crippen LogP contribution is 2.35. The summed E-state index contributed by atoms with van der Waals surface area (Å²) in [4.78, 5) is 0. The lowest BCUT2D eigenvalue weighted by atomic mass is 10.0. The van der Waals surface area contributed by atoms with Gasteiger partial charge in [-0.3, -0.25) is 0 Å². The molecule has 2 aromatic rings. The normalized spacial score (nSPS) is 10.8. The third-order valence-electron chi connectivity index (χ3n) is 2.99. The minimum absolute atomic E-state index is 0.385. The van der Waals surface area contributed by atoms with E-state index < -0.39 is 0 Å². The molecule has 0 fully saturated rings. The number of anilines is 1. The zero-order chi connectivity index (χ0) is 14.0. The molecule has 3 heteroatoms. The fourth-order valence-electron chi connectivity index (χ4n) is 1.92. The lowest BCUT2D eigenvalue weighted by molar-refractivity contribution is 0.475. The van der Waals surface area contributed by atoms with Gasteiger partial charge in [-0.05, 0) is 42.2 Å². The Balaban J connectivity index is 2.42. The summed E-state index contributed by atoms with van der Waals surface area (Å²) >= 11 is 5.98. The third-order valence-corrected chi connectivity index (χ3v) is 3.22. The average molecular weight is 276 g/mol. The van der Waals surface area contributed by atoms with Crippen molar-refractivity contribution >= 4 is 17.3 Å². The zero-order valence-corrected chi connectivity index (χ0v) is 12.2. The van der Waals surface area contributed by atoms with Crippen LogP contribution < -0.4 is 10.5 Å². The van der Waals surface area contributed by atoms with Gasteiger partial charge in [-0.1, -0.05) is 37.6 Å². The Bertz CT molecular complexity index is 593. The van der Waals surface area contributed by atoms with Crippen LogP contribution in [0.1, 0.15) is 30.9 Å². The molecule has 0 aliphatic rings. The van der Waals surface area contributed by atoms with Gasteiger partial charge in [0, 0.05) is 11.1 Å². The van der Waals surface area contributed by atoms with Gasteiger partial charge in [0.25, 0.3) is 0 Å². The van der Waals surface area contributed by atoms with Crippen LogP contribution in [0.5, 0.6) is 11.5 Å². The van der Waals surface area contributed by atoms with Gasteiger partial charge in [0.05, 0.1) is 5.69 Å². The molecule has 0 saturated heterocycles. The molecular formula is C16H18ClNO. The average Bonchev–Trinajstić information content (AvgIpc) is 2.33. The van der Waals surface area contributed by atoms with E-state index in [2.05, 4.69) is 26.0 Å². The van der Waals surface area contributed by atoms with E-state index in [1.54, 1.807) is 18.2 Å². The first-order chi connectivity index (χ1) is 8.97. The van der Waals surface area contributed by atoms with Crippen LogP contribution in [0, 0.1) is 6.92 Å². The van der Waals surface area contributed by atoms with Crippen molar-refractivity contribution in [3.8, 4) is 11.5 Å². The Labute approximate surface area is 119 Å². The monoisotopic (exact) mass is 275 g/mol. The maximum atomic E-state index is 5.98. The molecule has 0 spiro atoms. The molecule has 0 saturated carbocycles. The van der Waals surface area contributed by atoms with Crippen molar-refractivity contribution in [3.63, 3.8) is 0 Å². The first kappa shape index (κ1) is 13.8. The third kappa shape index (κ3) is 3.21. The van der Waals surface area contributed by atoms with E-state index in [4.69, 9.17) is 22.1 Å². The highest BCUT2D eigenvalue weighted by Gasteiger charge is 2.11. The molecule has 0 unspecified atom stereocenters. The topological polar surface area (TPSA) is 35.2 Å². The number of hydrogen-bond donors (Lipinski definition) is 1. The Morgan fingerprint density at radius 2 is 1.79 bits per heavy atom. The summed E-state index contributed by atoms with van der Waals surface area (Å²) in [7, 11) is 0. The van der Waals surface area contributed by atoms with Gasteiger partial charge in [-0.15, -0.1) is 0 Å². The van der Waals surface area contributed by atoms with Gasteiger partial charge in [0.1, 0.15) is 5.75 Å². The van der Waals surface area contributed by atoms with E-state index in [1.165, 1.54) is 0 Å². The maximum absolute atomic E-state index is 5.98. The van der Waals surface area contributed by atoms with Gasteiger partial charge < -0.3 is 10.5 Å². The first-order valence-electron chi connectivity index (χ1n) is 6.31. The van der Waals surface area contributed by atoms with E-state index in [0.29, 0.717) is 22.4 Å². The molecule has 100 valence electrons. The fourth-order valence-corrected chi connectivity index (χ4v) is 2.08. The predicted octanol–water partition coefficient (Wildman–Crippen LogP) is 5.15. The minimum Gasteiger partial charge on any atom is -0.455 e. The number of nitrogen functional groups attached to an aromatic ring is 1. The Hall–Kier alpha value is -1.67. The molecule has 0 aliphatic carbocycles. The van der Waals surface area contributed by atoms with Crippen LogP contribution in [-0.4, -0.2) is 0 Å². The van der Waals surface area contributed by atoms with Crippen molar-refractivity contribution in [3.05, 3.63) is 52.5 Å². The number of ether oxygens (including phenoxy) is 1. The Kier molecular flexibility index (Phi) is 4.01. The van der Waals surface area contributed by atoms with Crippen LogP contribution in [0.4, 0.5) is 5.69 Å². The molecule has 19 heavy (non-hydrogen) atoms. The van der Waals surface area contributed by atoms with Gasteiger partial charge in [0.2, 0.25) is 0 Å². The SMILES string of the molecule is Cc1ccc(C(C)C)c(Oc2cc(Cl)ccc2N)c1. The minimum atomic E-state index is 0.385. The summed E-state index contributed by atoms with van der Waals surface area (Å²) in [5.41, 5.74) is 8.81. The molecule has 0 amide bonds. The largest absolute Gasteiger partial charge is 0.455 e. The van der Waals surface area contributed by atoms with Crippen LogP contribution in [-0.2, 0) is 0 Å². The van der Waals surface area contributed by atoms with Gasteiger partial charge in [-0.25, -0.2) is 0 Å². The van der Waals surface area contributed by atoms with Gasteiger partial charge >= 0.3 is 0 Å². The molecular weight excluding hydrogens is 258 g/mol. The molecule has 2 N–H and O–H groups in total. The van der Waals surface area contributed by atoms with Crippen molar-refractivity contribution in [2.24, 2.45) is 0 Å². The lowest BCUT2D eigenvalue weighted by Gasteiger charge is -2.15. The van der Waals surface area contributed by atoms with E-state index in [0.717, 1.165) is 16.9 Å². The van der Waals surface area contributed by atoms with Crippen molar-refractivity contribution < 1.29 is 4.74 Å². The van der Waals surface area contributed by atoms with Crippen molar-refractivity contribution in [2.75, 3.05) is 5.73 Å². The smallest absolute Gasteiger partial charge is 0.151 e. The molecule has 0 aliphatic heterocycles. The zero-order valence-electron chi connectivity index (χ0n) is 11.4. The molecule has 0 heterocycles. The molecule has 0 radical (unpaired) electrons. The number of aryl methyl sites for hydroxylation is 1. The summed E-state index contributed by atoms with van der Waals surface area (Å²) < 4.78 is 5.95. The molecule has 2 rings (SSSR count). The second-order valence-corrected chi connectivity index (χ2v) is 5.42. The predicted molar refractivity (Wildman–Crippen MR) is 81.2 cm³/mol. The van der Waals surface area contributed by atoms with Crippen molar-refractivity contribution in [1.29, 1.82) is 0 Å². The summed E-state index contributed by atoms with van der Waals surface area (Å²) in [6.45, 7) is 6.32. The Morgan fingerprint density at radius 3 is 2.47 bits per heavy atom. The number of benzene rings is 2. The van der Waals surface area contributed by atoms with Crippen molar-refractivity contribution in [2.45, 2.75) is 26.7 Å². The number of halogens is 1. The van der Waals surface area contributed by atoms with Crippen LogP contribution in [0.15, 0.2) is 36.4 Å². The van der Waals surface area contributed by atoms with Crippen LogP contribution in [0.25, 0.3) is 0 Å².